The predicted molar refractivity (Wildman–Crippen MR) is 79.2 cm³/mol. The zero-order chi connectivity index (χ0) is 15.4. The second kappa shape index (κ2) is 7.29. The summed E-state index contributed by atoms with van der Waals surface area (Å²) >= 11 is 0. The van der Waals surface area contributed by atoms with Crippen LogP contribution in [-0.2, 0) is 4.74 Å². The first-order valence-corrected chi connectivity index (χ1v) is 7.50. The second-order valence-electron chi connectivity index (χ2n) is 5.79. The molecule has 0 amide bonds. The number of ether oxygens (including phenoxy) is 1. The Bertz CT molecular complexity index is 460. The van der Waals surface area contributed by atoms with Crippen LogP contribution in [0.1, 0.15) is 31.9 Å². The van der Waals surface area contributed by atoms with E-state index in [1.54, 1.807) is 19.2 Å². The third-order valence-electron chi connectivity index (χ3n) is 3.93. The van der Waals surface area contributed by atoms with Gasteiger partial charge >= 0.3 is 0 Å². The first-order valence-electron chi connectivity index (χ1n) is 7.50. The molecule has 118 valence electrons. The molecule has 1 aromatic carbocycles. The highest BCUT2D eigenvalue weighted by atomic mass is 19.2. The first kappa shape index (κ1) is 16.3. The Balaban J connectivity index is 1.98. The molecule has 21 heavy (non-hydrogen) atoms. The fourth-order valence-electron chi connectivity index (χ4n) is 3.02. The van der Waals surface area contributed by atoms with Crippen LogP contribution in [0, 0.1) is 11.6 Å². The van der Waals surface area contributed by atoms with E-state index in [1.165, 1.54) is 0 Å². The first-order chi connectivity index (χ1) is 10.0. The molecule has 0 bridgehead atoms. The number of hydrogen-bond acceptors (Lipinski definition) is 3. The van der Waals surface area contributed by atoms with Crippen LogP contribution in [0.15, 0.2) is 18.2 Å². The summed E-state index contributed by atoms with van der Waals surface area (Å²) in [6, 6.07) is 4.16. The van der Waals surface area contributed by atoms with Crippen LogP contribution in [0.3, 0.4) is 0 Å². The minimum atomic E-state index is -0.790. The Kier molecular flexibility index (Phi) is 5.67. The molecule has 0 aromatic heterocycles. The van der Waals surface area contributed by atoms with Gasteiger partial charge in [0.2, 0.25) is 0 Å². The van der Waals surface area contributed by atoms with Gasteiger partial charge in [-0.2, -0.15) is 0 Å². The van der Waals surface area contributed by atoms with Crippen molar-refractivity contribution in [3.8, 4) is 0 Å². The lowest BCUT2D eigenvalue weighted by Crippen LogP contribution is -2.46. The molecule has 1 saturated heterocycles. The summed E-state index contributed by atoms with van der Waals surface area (Å²) in [5.74, 6) is -1.54. The van der Waals surface area contributed by atoms with Gasteiger partial charge in [0.05, 0.1) is 12.2 Å². The molecule has 3 nitrogen and oxygen atoms in total. The summed E-state index contributed by atoms with van der Waals surface area (Å²) in [6.07, 6.45) is 1.16. The predicted octanol–water partition coefficient (Wildman–Crippen LogP) is 2.72. The fourth-order valence-corrected chi connectivity index (χ4v) is 3.02. The molecule has 1 heterocycles. The topological polar surface area (TPSA) is 24.5 Å². The van der Waals surface area contributed by atoms with Crippen molar-refractivity contribution < 1.29 is 13.5 Å². The fraction of sp³-hybridized carbons (Fsp3) is 0.625. The summed E-state index contributed by atoms with van der Waals surface area (Å²) in [5, 5.41) is 3.08. The van der Waals surface area contributed by atoms with Crippen molar-refractivity contribution in [1.29, 1.82) is 0 Å². The zero-order valence-electron chi connectivity index (χ0n) is 12.9. The molecule has 0 radical (unpaired) electrons. The summed E-state index contributed by atoms with van der Waals surface area (Å²) in [7, 11) is 1.78. The van der Waals surface area contributed by atoms with Crippen LogP contribution in [0.2, 0.25) is 0 Å². The quantitative estimate of drug-likeness (QED) is 0.904. The second-order valence-corrected chi connectivity index (χ2v) is 5.79. The zero-order valence-corrected chi connectivity index (χ0v) is 12.9. The van der Waals surface area contributed by atoms with Crippen LogP contribution in [0.5, 0.6) is 0 Å². The highest BCUT2D eigenvalue weighted by Gasteiger charge is 2.23. The van der Waals surface area contributed by atoms with Crippen LogP contribution < -0.4 is 5.32 Å². The lowest BCUT2D eigenvalue weighted by Gasteiger charge is -2.36. The van der Waals surface area contributed by atoms with Crippen molar-refractivity contribution in [2.75, 3.05) is 26.7 Å². The average molecular weight is 298 g/mol. The third kappa shape index (κ3) is 4.22. The van der Waals surface area contributed by atoms with Gasteiger partial charge < -0.3 is 10.1 Å². The molecular formula is C16H24F2N2O. The molecule has 1 aromatic rings. The van der Waals surface area contributed by atoms with Crippen molar-refractivity contribution >= 4 is 0 Å². The number of hydrogen-bond donors (Lipinski definition) is 1. The molecule has 1 aliphatic rings. The molecule has 0 spiro atoms. The maximum atomic E-state index is 13.9. The number of morpholine rings is 1. The van der Waals surface area contributed by atoms with Crippen molar-refractivity contribution in [3.63, 3.8) is 0 Å². The van der Waals surface area contributed by atoms with E-state index in [0.717, 1.165) is 32.1 Å². The summed E-state index contributed by atoms with van der Waals surface area (Å²) in [4.78, 5) is 2.32. The largest absolute Gasteiger partial charge is 0.373 e. The Morgan fingerprint density at radius 3 is 2.57 bits per heavy atom. The van der Waals surface area contributed by atoms with Crippen molar-refractivity contribution in [3.05, 3.63) is 35.4 Å². The SMILES string of the molecule is CNC(CCN1CC(C)OC(C)C1)c1cccc(F)c1F. The number of halogens is 2. The summed E-state index contributed by atoms with van der Waals surface area (Å²) < 4.78 is 32.9. The van der Waals surface area contributed by atoms with Gasteiger partial charge in [-0.25, -0.2) is 8.78 Å². The van der Waals surface area contributed by atoms with Crippen LogP contribution in [-0.4, -0.2) is 43.8 Å². The van der Waals surface area contributed by atoms with Crippen LogP contribution in [0.25, 0.3) is 0 Å². The van der Waals surface area contributed by atoms with Gasteiger partial charge in [-0.1, -0.05) is 12.1 Å². The van der Waals surface area contributed by atoms with Gasteiger partial charge in [0, 0.05) is 31.2 Å². The average Bonchev–Trinajstić information content (AvgIpc) is 2.43. The normalized spacial score (nSPS) is 25.0. The third-order valence-corrected chi connectivity index (χ3v) is 3.93. The van der Waals surface area contributed by atoms with E-state index in [0.29, 0.717) is 5.56 Å². The van der Waals surface area contributed by atoms with E-state index >= 15 is 0 Å². The molecule has 0 aliphatic carbocycles. The summed E-state index contributed by atoms with van der Waals surface area (Å²) in [5.41, 5.74) is 0.395. The molecule has 2 rings (SSSR count). The Labute approximate surface area is 125 Å². The Morgan fingerprint density at radius 2 is 1.95 bits per heavy atom. The van der Waals surface area contributed by atoms with Gasteiger partial charge in [-0.05, 0) is 33.4 Å². The standard InChI is InChI=1S/C16H24F2N2O/c1-11-9-20(10-12(2)21-11)8-7-15(19-3)13-5-4-6-14(17)16(13)18/h4-6,11-12,15,19H,7-10H2,1-3H3. The minimum Gasteiger partial charge on any atom is -0.373 e. The number of rotatable bonds is 5. The monoisotopic (exact) mass is 298 g/mol. The van der Waals surface area contributed by atoms with E-state index in [-0.39, 0.29) is 18.2 Å². The lowest BCUT2D eigenvalue weighted by molar-refractivity contribution is -0.0685. The van der Waals surface area contributed by atoms with Crippen LogP contribution >= 0.6 is 0 Å². The van der Waals surface area contributed by atoms with Crippen molar-refractivity contribution in [1.82, 2.24) is 10.2 Å². The van der Waals surface area contributed by atoms with E-state index < -0.39 is 11.6 Å². The molecule has 1 aliphatic heterocycles. The van der Waals surface area contributed by atoms with Gasteiger partial charge in [0.1, 0.15) is 0 Å². The molecular weight excluding hydrogens is 274 g/mol. The van der Waals surface area contributed by atoms with Gasteiger partial charge in [-0.15, -0.1) is 0 Å². The highest BCUT2D eigenvalue weighted by Crippen LogP contribution is 2.22. The molecule has 0 saturated carbocycles. The number of nitrogens with zero attached hydrogens (tertiary/aromatic N) is 1. The number of benzene rings is 1. The number of nitrogens with one attached hydrogen (secondary N) is 1. The minimum absolute atomic E-state index is 0.186. The smallest absolute Gasteiger partial charge is 0.163 e. The maximum absolute atomic E-state index is 13.9. The van der Waals surface area contributed by atoms with Gasteiger partial charge in [0.15, 0.2) is 11.6 Å². The maximum Gasteiger partial charge on any atom is 0.163 e. The highest BCUT2D eigenvalue weighted by molar-refractivity contribution is 5.22. The van der Waals surface area contributed by atoms with Crippen molar-refractivity contribution in [2.45, 2.75) is 38.5 Å². The van der Waals surface area contributed by atoms with Gasteiger partial charge in [0.25, 0.3) is 0 Å². The van der Waals surface area contributed by atoms with Gasteiger partial charge in [-0.3, -0.25) is 4.90 Å². The van der Waals surface area contributed by atoms with Crippen LogP contribution in [0.4, 0.5) is 8.78 Å². The lowest BCUT2D eigenvalue weighted by atomic mass is 10.0. The summed E-state index contributed by atoms with van der Waals surface area (Å²) in [6.45, 7) is 6.72. The Morgan fingerprint density at radius 1 is 1.29 bits per heavy atom. The molecule has 1 fully saturated rings. The molecule has 3 atom stereocenters. The van der Waals surface area contributed by atoms with E-state index in [2.05, 4.69) is 24.1 Å². The molecule has 3 unspecified atom stereocenters. The van der Waals surface area contributed by atoms with E-state index in [4.69, 9.17) is 4.74 Å². The van der Waals surface area contributed by atoms with Crippen molar-refractivity contribution in [2.24, 2.45) is 0 Å². The molecule has 1 N–H and O–H groups in total. The Hall–Kier alpha value is -1.04. The molecule has 5 heteroatoms. The van der Waals surface area contributed by atoms with E-state index in [1.807, 2.05) is 0 Å². The van der Waals surface area contributed by atoms with E-state index in [9.17, 15) is 8.78 Å².